The van der Waals surface area contributed by atoms with E-state index in [4.69, 9.17) is 5.26 Å². The Bertz CT molecular complexity index is 199. The average Bonchev–Trinajstić information content (AvgIpc) is 2.45. The Kier molecular flexibility index (Phi) is 4.37. The molecule has 1 aliphatic heterocycles. The van der Waals surface area contributed by atoms with Crippen molar-refractivity contribution in [3.8, 4) is 6.07 Å². The van der Waals surface area contributed by atoms with E-state index < -0.39 is 0 Å². The van der Waals surface area contributed by atoms with Crippen molar-refractivity contribution in [3.63, 3.8) is 0 Å². The summed E-state index contributed by atoms with van der Waals surface area (Å²) >= 11 is 0. The molecule has 0 aromatic rings. The van der Waals surface area contributed by atoms with Gasteiger partial charge in [-0.05, 0) is 26.8 Å². The molecule has 0 aliphatic carbocycles. The molecular weight excluding hydrogens is 174 g/mol. The molecule has 14 heavy (non-hydrogen) atoms. The van der Waals surface area contributed by atoms with Gasteiger partial charge in [-0.15, -0.1) is 0 Å². The Labute approximate surface area is 87.1 Å². The fourth-order valence-corrected chi connectivity index (χ4v) is 2.08. The van der Waals surface area contributed by atoms with Crippen LogP contribution >= 0.6 is 0 Å². The highest BCUT2D eigenvalue weighted by molar-refractivity contribution is 4.89. The standard InChI is InChI=1S/C11H21N3/c1-4-10(5-6-12)13-11-7-9(2)14(3)8-11/h9-11,13H,4-5,7-8H2,1-3H3. The summed E-state index contributed by atoms with van der Waals surface area (Å²) in [6.07, 6.45) is 2.88. The van der Waals surface area contributed by atoms with E-state index in [-0.39, 0.29) is 0 Å². The minimum Gasteiger partial charge on any atom is -0.309 e. The number of hydrogen-bond donors (Lipinski definition) is 1. The molecule has 0 radical (unpaired) electrons. The van der Waals surface area contributed by atoms with Crippen molar-refractivity contribution in [2.24, 2.45) is 0 Å². The molecular formula is C11H21N3. The first kappa shape index (κ1) is 11.5. The van der Waals surface area contributed by atoms with Crippen LogP contribution in [0.3, 0.4) is 0 Å². The second kappa shape index (κ2) is 5.33. The van der Waals surface area contributed by atoms with Crippen molar-refractivity contribution in [1.29, 1.82) is 5.26 Å². The lowest BCUT2D eigenvalue weighted by Gasteiger charge is -2.19. The Morgan fingerprint density at radius 2 is 2.36 bits per heavy atom. The van der Waals surface area contributed by atoms with E-state index in [1.54, 1.807) is 0 Å². The van der Waals surface area contributed by atoms with Gasteiger partial charge in [-0.3, -0.25) is 0 Å². The van der Waals surface area contributed by atoms with Gasteiger partial charge in [-0.2, -0.15) is 5.26 Å². The van der Waals surface area contributed by atoms with Gasteiger partial charge in [0.05, 0.1) is 12.5 Å². The van der Waals surface area contributed by atoms with Gasteiger partial charge in [0.25, 0.3) is 0 Å². The second-order valence-electron chi connectivity index (χ2n) is 4.36. The zero-order valence-corrected chi connectivity index (χ0v) is 9.45. The average molecular weight is 195 g/mol. The van der Waals surface area contributed by atoms with Crippen molar-refractivity contribution in [2.75, 3.05) is 13.6 Å². The Morgan fingerprint density at radius 3 is 2.79 bits per heavy atom. The smallest absolute Gasteiger partial charge is 0.0638 e. The van der Waals surface area contributed by atoms with Gasteiger partial charge < -0.3 is 10.2 Å². The highest BCUT2D eigenvalue weighted by Gasteiger charge is 2.26. The zero-order chi connectivity index (χ0) is 10.6. The van der Waals surface area contributed by atoms with Crippen LogP contribution in [0.1, 0.15) is 33.1 Å². The molecule has 80 valence electrons. The third kappa shape index (κ3) is 2.97. The van der Waals surface area contributed by atoms with Gasteiger partial charge in [0.1, 0.15) is 0 Å². The summed E-state index contributed by atoms with van der Waals surface area (Å²) < 4.78 is 0. The van der Waals surface area contributed by atoms with E-state index in [2.05, 4.69) is 37.2 Å². The number of nitrogens with zero attached hydrogens (tertiary/aromatic N) is 2. The van der Waals surface area contributed by atoms with Crippen LogP contribution in [0, 0.1) is 11.3 Å². The minimum atomic E-state index is 0.378. The van der Waals surface area contributed by atoms with Crippen molar-refractivity contribution in [3.05, 3.63) is 0 Å². The molecule has 1 rings (SSSR count). The first-order valence-corrected chi connectivity index (χ1v) is 5.50. The van der Waals surface area contributed by atoms with Crippen LogP contribution < -0.4 is 5.32 Å². The third-order valence-corrected chi connectivity index (χ3v) is 3.19. The monoisotopic (exact) mass is 195 g/mol. The van der Waals surface area contributed by atoms with Gasteiger partial charge in [-0.1, -0.05) is 6.92 Å². The van der Waals surface area contributed by atoms with Crippen LogP contribution in [0.15, 0.2) is 0 Å². The molecule has 3 atom stereocenters. The Balaban J connectivity index is 2.34. The van der Waals surface area contributed by atoms with E-state index in [0.29, 0.717) is 24.5 Å². The summed E-state index contributed by atoms with van der Waals surface area (Å²) in [7, 11) is 2.16. The molecule has 1 N–H and O–H groups in total. The van der Waals surface area contributed by atoms with Crippen LogP contribution in [-0.4, -0.2) is 36.6 Å². The summed E-state index contributed by atoms with van der Waals surface area (Å²) in [6, 6.07) is 3.87. The van der Waals surface area contributed by atoms with Crippen molar-refractivity contribution < 1.29 is 0 Å². The van der Waals surface area contributed by atoms with E-state index >= 15 is 0 Å². The summed E-state index contributed by atoms with van der Waals surface area (Å²) in [5.41, 5.74) is 0. The first-order chi connectivity index (χ1) is 6.67. The second-order valence-corrected chi connectivity index (χ2v) is 4.36. The molecule has 1 heterocycles. The molecule has 0 aromatic carbocycles. The van der Waals surface area contributed by atoms with E-state index in [9.17, 15) is 0 Å². The van der Waals surface area contributed by atoms with Crippen LogP contribution in [0.25, 0.3) is 0 Å². The Hall–Kier alpha value is -0.590. The van der Waals surface area contributed by atoms with Crippen LogP contribution in [0.2, 0.25) is 0 Å². The number of hydrogen-bond acceptors (Lipinski definition) is 3. The van der Waals surface area contributed by atoms with E-state index in [0.717, 1.165) is 13.0 Å². The van der Waals surface area contributed by atoms with Crippen LogP contribution in [0.5, 0.6) is 0 Å². The summed E-state index contributed by atoms with van der Waals surface area (Å²) in [6.45, 7) is 5.51. The fraction of sp³-hybridized carbons (Fsp3) is 0.909. The number of likely N-dealkylation sites (N-methyl/N-ethyl adjacent to an activating group) is 1. The third-order valence-electron chi connectivity index (χ3n) is 3.19. The van der Waals surface area contributed by atoms with Gasteiger partial charge in [0.15, 0.2) is 0 Å². The fourth-order valence-electron chi connectivity index (χ4n) is 2.08. The molecule has 3 unspecified atom stereocenters. The highest BCUT2D eigenvalue weighted by Crippen LogP contribution is 2.16. The number of nitrogens with one attached hydrogen (secondary N) is 1. The quantitative estimate of drug-likeness (QED) is 0.736. The number of rotatable bonds is 4. The summed E-state index contributed by atoms with van der Waals surface area (Å²) in [4.78, 5) is 2.37. The van der Waals surface area contributed by atoms with Gasteiger partial charge >= 0.3 is 0 Å². The molecule has 0 spiro atoms. The molecule has 1 aliphatic rings. The molecule has 3 nitrogen and oxygen atoms in total. The molecule has 0 aromatic heterocycles. The zero-order valence-electron chi connectivity index (χ0n) is 9.45. The first-order valence-electron chi connectivity index (χ1n) is 5.50. The molecule has 1 saturated heterocycles. The largest absolute Gasteiger partial charge is 0.309 e. The molecule has 0 amide bonds. The molecule has 0 bridgehead atoms. The number of nitriles is 1. The van der Waals surface area contributed by atoms with Gasteiger partial charge in [0, 0.05) is 24.7 Å². The lowest BCUT2D eigenvalue weighted by Crippen LogP contribution is -2.39. The maximum atomic E-state index is 8.65. The van der Waals surface area contributed by atoms with Crippen molar-refractivity contribution >= 4 is 0 Å². The number of likely N-dealkylation sites (tertiary alicyclic amines) is 1. The normalized spacial score (nSPS) is 30.1. The van der Waals surface area contributed by atoms with Crippen molar-refractivity contribution in [2.45, 2.75) is 51.2 Å². The highest BCUT2D eigenvalue weighted by atomic mass is 15.2. The summed E-state index contributed by atoms with van der Waals surface area (Å²) in [5.74, 6) is 0. The maximum Gasteiger partial charge on any atom is 0.0638 e. The van der Waals surface area contributed by atoms with Crippen LogP contribution in [0.4, 0.5) is 0 Å². The van der Waals surface area contributed by atoms with Crippen LogP contribution in [-0.2, 0) is 0 Å². The molecule has 1 fully saturated rings. The Morgan fingerprint density at radius 1 is 1.64 bits per heavy atom. The van der Waals surface area contributed by atoms with E-state index in [1.807, 2.05) is 0 Å². The minimum absolute atomic E-state index is 0.378. The SMILES string of the molecule is CCC(CC#N)NC1CC(C)N(C)C1. The van der Waals surface area contributed by atoms with Gasteiger partial charge in [0.2, 0.25) is 0 Å². The molecule has 0 saturated carbocycles. The lowest BCUT2D eigenvalue weighted by molar-refractivity contribution is 0.324. The topological polar surface area (TPSA) is 39.1 Å². The molecule has 3 heteroatoms. The van der Waals surface area contributed by atoms with Gasteiger partial charge in [-0.25, -0.2) is 0 Å². The lowest BCUT2D eigenvalue weighted by atomic mass is 10.1. The predicted molar refractivity (Wildman–Crippen MR) is 57.9 cm³/mol. The predicted octanol–water partition coefficient (Wildman–Crippen LogP) is 1.36. The van der Waals surface area contributed by atoms with E-state index in [1.165, 1.54) is 6.42 Å². The maximum absolute atomic E-state index is 8.65. The summed E-state index contributed by atoms with van der Waals surface area (Å²) in [5, 5.41) is 12.2. The van der Waals surface area contributed by atoms with Crippen molar-refractivity contribution in [1.82, 2.24) is 10.2 Å².